The number of nitrogens with one attached hydrogen (secondary N) is 1. The lowest BCUT2D eigenvalue weighted by Crippen LogP contribution is -2.54. The van der Waals surface area contributed by atoms with Crippen LogP contribution < -0.4 is 5.32 Å². The highest BCUT2D eigenvalue weighted by molar-refractivity contribution is 6.08. The summed E-state index contributed by atoms with van der Waals surface area (Å²) in [6.45, 7) is 1.94. The van der Waals surface area contributed by atoms with Crippen LogP contribution in [0, 0.1) is 0 Å². The molecule has 2 heterocycles. The van der Waals surface area contributed by atoms with Crippen molar-refractivity contribution < 1.29 is 19.5 Å². The Morgan fingerprint density at radius 1 is 0.911 bits per heavy atom. The Hall–Kier alpha value is -4.18. The van der Waals surface area contributed by atoms with Crippen LogP contribution >= 0.6 is 12.4 Å². The van der Waals surface area contributed by atoms with Crippen molar-refractivity contribution in [3.05, 3.63) is 108 Å². The molecule has 0 aliphatic carbocycles. The zero-order chi connectivity index (χ0) is 31.2. The van der Waals surface area contributed by atoms with Gasteiger partial charge in [-0.2, -0.15) is 0 Å². The first-order chi connectivity index (χ1) is 21.2. The predicted molar refractivity (Wildman–Crippen MR) is 178 cm³/mol. The molecule has 1 aliphatic rings. The van der Waals surface area contributed by atoms with Crippen LogP contribution in [0.5, 0.6) is 0 Å². The van der Waals surface area contributed by atoms with Crippen LogP contribution in [0.3, 0.4) is 0 Å². The predicted octanol–water partition coefficient (Wildman–Crippen LogP) is 3.59. The minimum Gasteiger partial charge on any atom is -0.391 e. The number of likely N-dealkylation sites (N-methyl/N-ethyl adjacent to an activating group) is 2. The van der Waals surface area contributed by atoms with Gasteiger partial charge in [0, 0.05) is 63.2 Å². The molecule has 4 aromatic rings. The average Bonchev–Trinajstić information content (AvgIpc) is 3.60. The average molecular weight is 632 g/mol. The highest BCUT2D eigenvalue weighted by Crippen LogP contribution is 2.27. The molecule has 3 aromatic carbocycles. The molecule has 9 nitrogen and oxygen atoms in total. The molecule has 1 fully saturated rings. The van der Waals surface area contributed by atoms with Gasteiger partial charge in [0.25, 0.3) is 5.91 Å². The fraction of sp³-hybridized carbons (Fsp3) is 0.343. The highest BCUT2D eigenvalue weighted by Gasteiger charge is 2.41. The molecule has 1 aromatic heterocycles. The second-order valence-corrected chi connectivity index (χ2v) is 11.9. The van der Waals surface area contributed by atoms with E-state index in [1.165, 1.54) is 4.90 Å². The van der Waals surface area contributed by atoms with E-state index in [1.54, 1.807) is 11.9 Å². The number of halogens is 1. The van der Waals surface area contributed by atoms with E-state index >= 15 is 0 Å². The Bertz CT molecular complexity index is 1590. The van der Waals surface area contributed by atoms with Crippen molar-refractivity contribution in [2.45, 2.75) is 44.1 Å². The first kappa shape index (κ1) is 33.7. The molecular weight excluding hydrogens is 590 g/mol. The Labute approximate surface area is 270 Å². The Morgan fingerprint density at radius 2 is 1.53 bits per heavy atom. The molecule has 1 saturated heterocycles. The fourth-order valence-electron chi connectivity index (χ4n) is 5.87. The number of aliphatic hydroxyl groups is 1. The van der Waals surface area contributed by atoms with Gasteiger partial charge in [-0.3, -0.25) is 14.4 Å². The van der Waals surface area contributed by atoms with Crippen LogP contribution in [0.4, 0.5) is 0 Å². The molecule has 1 aliphatic heterocycles. The summed E-state index contributed by atoms with van der Waals surface area (Å²) < 4.78 is 2.06. The molecule has 238 valence electrons. The van der Waals surface area contributed by atoms with E-state index in [1.807, 2.05) is 105 Å². The Kier molecular flexibility index (Phi) is 11.4. The summed E-state index contributed by atoms with van der Waals surface area (Å²) in [4.78, 5) is 46.8. The lowest BCUT2D eigenvalue weighted by Gasteiger charge is -2.28. The number of carbonyl (C=O) groups excluding carboxylic acids is 3. The van der Waals surface area contributed by atoms with E-state index in [4.69, 9.17) is 0 Å². The summed E-state index contributed by atoms with van der Waals surface area (Å²) in [5, 5.41) is 14.4. The molecule has 0 spiro atoms. The molecule has 3 amide bonds. The van der Waals surface area contributed by atoms with E-state index < -0.39 is 24.1 Å². The number of hydrogen-bond donors (Lipinski definition) is 2. The number of carbonyl (C=O) groups is 3. The maximum absolute atomic E-state index is 14.0. The van der Waals surface area contributed by atoms with Gasteiger partial charge in [-0.05, 0) is 31.3 Å². The molecule has 45 heavy (non-hydrogen) atoms. The molecule has 0 bridgehead atoms. The number of fused-ring (bicyclic) bond motifs is 1. The number of amides is 3. The number of rotatable bonds is 11. The van der Waals surface area contributed by atoms with E-state index in [0.717, 1.165) is 28.6 Å². The third-order valence-corrected chi connectivity index (χ3v) is 8.19. The van der Waals surface area contributed by atoms with Crippen molar-refractivity contribution >= 4 is 41.0 Å². The second-order valence-electron chi connectivity index (χ2n) is 11.9. The number of nitrogens with zero attached hydrogens (tertiary/aromatic N) is 4. The van der Waals surface area contributed by atoms with Gasteiger partial charge < -0.3 is 29.7 Å². The van der Waals surface area contributed by atoms with E-state index in [2.05, 4.69) is 14.8 Å². The fourth-order valence-corrected chi connectivity index (χ4v) is 5.87. The number of benzene rings is 3. The van der Waals surface area contributed by atoms with Crippen LogP contribution in [0.25, 0.3) is 10.9 Å². The zero-order valence-electron chi connectivity index (χ0n) is 26.0. The molecule has 10 heteroatoms. The summed E-state index contributed by atoms with van der Waals surface area (Å²) in [6, 6.07) is 25.2. The largest absolute Gasteiger partial charge is 0.391 e. The number of likely N-dealkylation sites (tertiary alicyclic amines) is 1. The van der Waals surface area contributed by atoms with Crippen LogP contribution in [0.2, 0.25) is 0 Å². The summed E-state index contributed by atoms with van der Waals surface area (Å²) in [6.07, 6.45) is 1.40. The molecule has 5 rings (SSSR count). The zero-order valence-corrected chi connectivity index (χ0v) is 26.8. The topological polar surface area (TPSA) is 98.1 Å². The number of aliphatic hydroxyl groups excluding tert-OH is 1. The Morgan fingerprint density at radius 3 is 2.20 bits per heavy atom. The maximum Gasteiger partial charge on any atom is 0.256 e. The second kappa shape index (κ2) is 15.2. The van der Waals surface area contributed by atoms with Gasteiger partial charge >= 0.3 is 0 Å². The van der Waals surface area contributed by atoms with Crippen molar-refractivity contribution in [3.8, 4) is 0 Å². The molecule has 1 unspecified atom stereocenters. The van der Waals surface area contributed by atoms with Crippen molar-refractivity contribution in [2.24, 2.45) is 0 Å². The van der Waals surface area contributed by atoms with E-state index in [0.29, 0.717) is 25.1 Å². The smallest absolute Gasteiger partial charge is 0.256 e. The molecule has 0 saturated carbocycles. The number of aromatic nitrogens is 1. The summed E-state index contributed by atoms with van der Waals surface area (Å²) in [7, 11) is 5.73. The van der Waals surface area contributed by atoms with Crippen molar-refractivity contribution in [3.63, 3.8) is 0 Å². The van der Waals surface area contributed by atoms with Gasteiger partial charge in [0.15, 0.2) is 0 Å². The summed E-state index contributed by atoms with van der Waals surface area (Å²) in [5.41, 5.74) is 3.32. The molecule has 2 N–H and O–H groups in total. The third-order valence-electron chi connectivity index (χ3n) is 8.19. The highest BCUT2D eigenvalue weighted by atomic mass is 35.5. The summed E-state index contributed by atoms with van der Waals surface area (Å²) in [5.74, 6) is -0.992. The number of hydrogen-bond acceptors (Lipinski definition) is 5. The van der Waals surface area contributed by atoms with Crippen LogP contribution in [-0.2, 0) is 29.1 Å². The van der Waals surface area contributed by atoms with Gasteiger partial charge in [0.1, 0.15) is 12.1 Å². The third kappa shape index (κ3) is 8.11. The van der Waals surface area contributed by atoms with Crippen molar-refractivity contribution in [1.29, 1.82) is 0 Å². The van der Waals surface area contributed by atoms with Gasteiger partial charge in [-0.25, -0.2) is 0 Å². The summed E-state index contributed by atoms with van der Waals surface area (Å²) >= 11 is 0. The molecular formula is C35H42ClN5O4. The number of para-hydroxylation sites is 1. The van der Waals surface area contributed by atoms with Crippen LogP contribution in [-0.4, -0.2) is 94.5 Å². The van der Waals surface area contributed by atoms with Gasteiger partial charge in [-0.1, -0.05) is 78.9 Å². The van der Waals surface area contributed by atoms with Crippen LogP contribution in [0.1, 0.15) is 27.9 Å². The lowest BCUT2D eigenvalue weighted by atomic mass is 10.0. The monoisotopic (exact) mass is 631 g/mol. The van der Waals surface area contributed by atoms with E-state index in [-0.39, 0.29) is 37.2 Å². The quantitative estimate of drug-likeness (QED) is 0.264. The Balaban J connectivity index is 0.00000461. The van der Waals surface area contributed by atoms with Gasteiger partial charge in [0.05, 0.1) is 11.7 Å². The normalized spacial score (nSPS) is 16.8. The molecule has 0 radical (unpaired) electrons. The minimum atomic E-state index is -0.910. The SMILES string of the molecule is CN(C)CCn1cc(C(=O)N2C[C@H](O)CC2C(=O)N[C@H](Cc2ccccc2)C(=O)N(C)Cc2ccccc2)c2ccccc21.Cl. The molecule has 3 atom stereocenters. The first-order valence-electron chi connectivity index (χ1n) is 15.1. The van der Waals surface area contributed by atoms with Gasteiger partial charge in [0.2, 0.25) is 11.8 Å². The maximum atomic E-state index is 14.0. The van der Waals surface area contributed by atoms with Crippen molar-refractivity contribution in [2.75, 3.05) is 34.2 Å². The number of β-amino-alcohol motifs (C(OH)–C–C–N with tert-alkyl or cyclic N) is 1. The van der Waals surface area contributed by atoms with E-state index in [9.17, 15) is 19.5 Å². The minimum absolute atomic E-state index is 0. The van der Waals surface area contributed by atoms with Crippen molar-refractivity contribution in [1.82, 2.24) is 24.6 Å². The van der Waals surface area contributed by atoms with Gasteiger partial charge in [-0.15, -0.1) is 12.4 Å². The van der Waals surface area contributed by atoms with Crippen LogP contribution in [0.15, 0.2) is 91.1 Å². The first-order valence-corrected chi connectivity index (χ1v) is 15.1. The standard InChI is InChI=1S/C35H41N5O4.ClH/c1-37(2)18-19-39-24-29(28-16-10-11-17-31(28)39)34(43)40-23-27(41)21-32(40)33(42)36-30(20-25-12-6-4-7-13-25)35(44)38(3)22-26-14-8-5-9-15-26;/h4-17,24,27,30,32,41H,18-23H2,1-3H3,(H,36,42);1H/t27-,30-,32?;/m1./s1. The lowest BCUT2D eigenvalue weighted by molar-refractivity contribution is -0.136.